The molecule has 0 atom stereocenters. The minimum atomic E-state index is 0.0414. The Morgan fingerprint density at radius 1 is 1.15 bits per heavy atom. The molecule has 0 bridgehead atoms. The van der Waals surface area contributed by atoms with Crippen LogP contribution in [-0.2, 0) is 4.79 Å². The van der Waals surface area contributed by atoms with Crippen molar-refractivity contribution in [2.24, 2.45) is 0 Å². The molecule has 1 nitrogen and oxygen atoms in total. The molecule has 0 saturated heterocycles. The molecule has 0 aromatic rings. The molecular weight excluding hydrogens is 244 g/mol. The summed E-state index contributed by atoms with van der Waals surface area (Å²) in [6, 6.07) is 0. The zero-order valence-corrected chi connectivity index (χ0v) is 13.8. The van der Waals surface area contributed by atoms with Crippen molar-refractivity contribution < 1.29 is 4.79 Å². The van der Waals surface area contributed by atoms with Crippen LogP contribution in [0.4, 0.5) is 0 Å². The quantitative estimate of drug-likeness (QED) is 0.355. The molecule has 0 saturated carbocycles. The van der Waals surface area contributed by atoms with Crippen molar-refractivity contribution in [3.8, 4) is 0 Å². The summed E-state index contributed by atoms with van der Waals surface area (Å²) >= 11 is 0. The van der Waals surface area contributed by atoms with Gasteiger partial charge in [0, 0.05) is 5.57 Å². The maximum Gasteiger partial charge on any atom is 0.155 e. The van der Waals surface area contributed by atoms with Gasteiger partial charge in [0.1, 0.15) is 0 Å². The average Bonchev–Trinajstić information content (AvgIpc) is 2.36. The lowest BCUT2D eigenvalue weighted by molar-refractivity contribution is -0.113. The van der Waals surface area contributed by atoms with Crippen molar-refractivity contribution in [1.82, 2.24) is 0 Å². The third-order valence-electron chi connectivity index (χ3n) is 2.28. The van der Waals surface area contributed by atoms with Crippen LogP contribution in [0.1, 0.15) is 48.0 Å². The average molecular weight is 272 g/mol. The number of hydrogen-bond donors (Lipinski definition) is 0. The standard InChI is InChI=1S/C16H20O.C3H8/c1-7-9-12(3)10-14(5)16(8-2)11-13(4)15(6)17;1-3-2/h7,9-11H,2,5H2,1,3-4,6H3;3H2,1-2H3/b9-7-,12-10-,13-11+;. The molecule has 20 heavy (non-hydrogen) atoms. The first-order chi connectivity index (χ1) is 9.33. The van der Waals surface area contributed by atoms with Gasteiger partial charge in [-0.1, -0.05) is 57.2 Å². The van der Waals surface area contributed by atoms with Gasteiger partial charge in [0.25, 0.3) is 0 Å². The second kappa shape index (κ2) is 12.2. The highest BCUT2D eigenvalue weighted by Gasteiger charge is 2.00. The van der Waals surface area contributed by atoms with Crippen LogP contribution in [0, 0.1) is 0 Å². The molecule has 0 radical (unpaired) electrons. The predicted molar refractivity (Wildman–Crippen MR) is 90.8 cm³/mol. The molecule has 0 aliphatic heterocycles. The van der Waals surface area contributed by atoms with E-state index in [0.717, 1.165) is 16.7 Å². The third-order valence-corrected chi connectivity index (χ3v) is 2.28. The largest absolute Gasteiger partial charge is 0.295 e. The molecule has 110 valence electrons. The normalized spacial score (nSPS) is 11.5. The molecule has 0 unspecified atom stereocenters. The van der Waals surface area contributed by atoms with Gasteiger partial charge in [0.2, 0.25) is 0 Å². The van der Waals surface area contributed by atoms with Crippen molar-refractivity contribution in [1.29, 1.82) is 0 Å². The van der Waals surface area contributed by atoms with E-state index >= 15 is 0 Å². The second-order valence-electron chi connectivity index (χ2n) is 4.59. The van der Waals surface area contributed by atoms with Gasteiger partial charge >= 0.3 is 0 Å². The Morgan fingerprint density at radius 2 is 1.65 bits per heavy atom. The van der Waals surface area contributed by atoms with Crippen LogP contribution in [0.5, 0.6) is 0 Å². The molecule has 0 aromatic heterocycles. The Morgan fingerprint density at radius 3 is 2.00 bits per heavy atom. The summed E-state index contributed by atoms with van der Waals surface area (Å²) in [5.74, 6) is 0.0414. The third kappa shape index (κ3) is 10.1. The molecule has 0 rings (SSSR count). The van der Waals surface area contributed by atoms with Crippen molar-refractivity contribution in [2.75, 3.05) is 0 Å². The van der Waals surface area contributed by atoms with Crippen LogP contribution < -0.4 is 0 Å². The van der Waals surface area contributed by atoms with Gasteiger partial charge in [-0.2, -0.15) is 0 Å². The number of hydrogen-bond acceptors (Lipinski definition) is 1. The molecule has 0 N–H and O–H groups in total. The monoisotopic (exact) mass is 272 g/mol. The Balaban J connectivity index is 0. The molecule has 0 aliphatic carbocycles. The van der Waals surface area contributed by atoms with E-state index in [2.05, 4.69) is 32.7 Å². The van der Waals surface area contributed by atoms with Gasteiger partial charge < -0.3 is 0 Å². The van der Waals surface area contributed by atoms with Crippen LogP contribution in [0.2, 0.25) is 0 Å². The topological polar surface area (TPSA) is 17.1 Å². The summed E-state index contributed by atoms with van der Waals surface area (Å²) < 4.78 is 0. The maximum atomic E-state index is 11.2. The van der Waals surface area contributed by atoms with Crippen LogP contribution in [0.3, 0.4) is 0 Å². The first kappa shape index (κ1) is 20.5. The van der Waals surface area contributed by atoms with Crippen molar-refractivity contribution >= 4 is 5.78 Å². The summed E-state index contributed by atoms with van der Waals surface area (Å²) in [7, 11) is 0. The minimum absolute atomic E-state index is 0.0414. The van der Waals surface area contributed by atoms with Crippen LogP contribution >= 0.6 is 0 Å². The SMILES string of the molecule is C=C=C(/C=C(\C)C(C)=O)C(=C)/C=C(C)\C=C/C.CCC. The number of carbonyl (C=O) groups excluding carboxylic acids is 1. The van der Waals surface area contributed by atoms with Gasteiger partial charge in [0.05, 0.1) is 0 Å². The second-order valence-corrected chi connectivity index (χ2v) is 4.59. The summed E-state index contributed by atoms with van der Waals surface area (Å²) in [6.07, 6.45) is 8.91. The lowest BCUT2D eigenvalue weighted by Crippen LogP contribution is -1.93. The van der Waals surface area contributed by atoms with E-state index in [0.29, 0.717) is 5.57 Å². The van der Waals surface area contributed by atoms with Crippen molar-refractivity contribution in [3.63, 3.8) is 0 Å². The fraction of sp³-hybridized carbons (Fsp3) is 0.368. The smallest absolute Gasteiger partial charge is 0.155 e. The van der Waals surface area contributed by atoms with Crippen molar-refractivity contribution in [3.05, 3.63) is 65.5 Å². The van der Waals surface area contributed by atoms with E-state index in [1.54, 1.807) is 13.0 Å². The van der Waals surface area contributed by atoms with Gasteiger partial charge in [-0.3, -0.25) is 4.79 Å². The van der Waals surface area contributed by atoms with E-state index in [9.17, 15) is 4.79 Å². The Bertz CT molecular complexity index is 464. The lowest BCUT2D eigenvalue weighted by atomic mass is 10.0. The van der Waals surface area contributed by atoms with Gasteiger partial charge in [-0.15, -0.1) is 5.73 Å². The first-order valence-electron chi connectivity index (χ1n) is 6.93. The van der Waals surface area contributed by atoms with Crippen molar-refractivity contribution in [2.45, 2.75) is 48.0 Å². The predicted octanol–water partition coefficient (Wildman–Crippen LogP) is 5.73. The molecule has 0 amide bonds. The van der Waals surface area contributed by atoms with Crippen LogP contribution in [-0.4, -0.2) is 5.78 Å². The highest BCUT2D eigenvalue weighted by Crippen LogP contribution is 2.14. The van der Waals surface area contributed by atoms with E-state index in [1.165, 1.54) is 13.3 Å². The summed E-state index contributed by atoms with van der Waals surface area (Å²) in [6.45, 7) is 19.1. The molecule has 0 aliphatic rings. The van der Waals surface area contributed by atoms with Crippen LogP contribution in [0.15, 0.2) is 65.5 Å². The molecule has 1 heteroatoms. The minimum Gasteiger partial charge on any atom is -0.295 e. The zero-order valence-electron chi connectivity index (χ0n) is 13.8. The fourth-order valence-electron chi connectivity index (χ4n) is 1.24. The first-order valence-corrected chi connectivity index (χ1v) is 6.93. The van der Waals surface area contributed by atoms with Gasteiger partial charge in [-0.25, -0.2) is 0 Å². The summed E-state index contributed by atoms with van der Waals surface area (Å²) in [5.41, 5.74) is 6.13. The maximum absolute atomic E-state index is 11.2. The number of ketones is 1. The highest BCUT2D eigenvalue weighted by molar-refractivity contribution is 5.93. The Labute approximate surface area is 124 Å². The van der Waals surface area contributed by atoms with Gasteiger partial charge in [0.15, 0.2) is 5.78 Å². The summed E-state index contributed by atoms with van der Waals surface area (Å²) in [4.78, 5) is 11.2. The van der Waals surface area contributed by atoms with Gasteiger partial charge in [-0.05, 0) is 44.9 Å². The molecule has 0 heterocycles. The fourth-order valence-corrected chi connectivity index (χ4v) is 1.24. The number of Topliss-reactive ketones (excluding diaryl/α,β-unsaturated/α-hetero) is 1. The Hall–Kier alpha value is -1.85. The van der Waals surface area contributed by atoms with E-state index in [1.807, 2.05) is 32.1 Å². The van der Waals surface area contributed by atoms with E-state index < -0.39 is 0 Å². The lowest BCUT2D eigenvalue weighted by Gasteiger charge is -2.02. The summed E-state index contributed by atoms with van der Waals surface area (Å²) in [5, 5.41) is 0. The van der Waals surface area contributed by atoms with E-state index in [-0.39, 0.29) is 5.78 Å². The molecule has 0 fully saturated rings. The Kier molecular flexibility index (Phi) is 12.5. The highest BCUT2D eigenvalue weighted by atomic mass is 16.1. The van der Waals surface area contributed by atoms with Crippen LogP contribution in [0.25, 0.3) is 0 Å². The molecule has 0 spiro atoms. The zero-order chi connectivity index (χ0) is 16.1. The van der Waals surface area contributed by atoms with E-state index in [4.69, 9.17) is 0 Å². The molecule has 0 aromatic carbocycles. The number of rotatable bonds is 5. The molecular formula is C19H28O. The number of carbonyl (C=O) groups is 1. The number of allylic oxidation sites excluding steroid dienone is 8.